The molecule has 0 atom stereocenters. The molecule has 7 heteroatoms. The highest BCUT2D eigenvalue weighted by Crippen LogP contribution is 2.36. The van der Waals surface area contributed by atoms with Crippen LogP contribution in [0.15, 0.2) is 58.3 Å². The van der Waals surface area contributed by atoms with Gasteiger partial charge in [-0.1, -0.05) is 24.3 Å². The van der Waals surface area contributed by atoms with Crippen LogP contribution in [0, 0.1) is 0 Å². The lowest BCUT2D eigenvalue weighted by Gasteiger charge is -2.28. The van der Waals surface area contributed by atoms with Gasteiger partial charge in [-0.15, -0.1) is 0 Å². The van der Waals surface area contributed by atoms with Crippen molar-refractivity contribution < 1.29 is 9.53 Å². The number of pyridine rings is 1. The number of anilines is 1. The number of allylic oxidation sites excluding steroid dienone is 2. The largest absolute Gasteiger partial charge is 0.378 e. The number of ether oxygens (including phenoxy) is 1. The molecule has 0 amide bonds. The van der Waals surface area contributed by atoms with Gasteiger partial charge in [0, 0.05) is 49.1 Å². The SMILES string of the molecule is CCN(CC)C1=NC2=C(c3ccc(N4CCOCC4)nc3)C(=O)c3ccccc3C2=N1. The van der Waals surface area contributed by atoms with E-state index in [0.29, 0.717) is 36.0 Å². The number of nitrogens with zero attached hydrogens (tertiary/aromatic N) is 5. The predicted molar refractivity (Wildman–Crippen MR) is 122 cm³/mol. The number of ketones is 1. The lowest BCUT2D eigenvalue weighted by atomic mass is 9.84. The fourth-order valence-electron chi connectivity index (χ4n) is 4.25. The molecular weight excluding hydrogens is 390 g/mol. The zero-order valence-corrected chi connectivity index (χ0v) is 17.8. The van der Waals surface area contributed by atoms with Crippen LogP contribution < -0.4 is 4.90 Å². The summed E-state index contributed by atoms with van der Waals surface area (Å²) in [6.07, 6.45) is 1.78. The molecule has 1 aromatic carbocycles. The highest BCUT2D eigenvalue weighted by Gasteiger charge is 2.35. The zero-order chi connectivity index (χ0) is 21.4. The van der Waals surface area contributed by atoms with Gasteiger partial charge in [0.05, 0.1) is 18.8 Å². The molecule has 3 heterocycles. The minimum absolute atomic E-state index is 0.0324. The Morgan fingerprint density at radius 1 is 1.00 bits per heavy atom. The second kappa shape index (κ2) is 8.07. The van der Waals surface area contributed by atoms with Crippen LogP contribution in [0.2, 0.25) is 0 Å². The number of aromatic nitrogens is 1. The smallest absolute Gasteiger partial charge is 0.226 e. The van der Waals surface area contributed by atoms with E-state index in [1.165, 1.54) is 0 Å². The third kappa shape index (κ3) is 3.35. The van der Waals surface area contributed by atoms with Crippen molar-refractivity contribution >= 4 is 28.8 Å². The lowest BCUT2D eigenvalue weighted by Crippen LogP contribution is -2.36. The maximum absolute atomic E-state index is 13.5. The molecule has 1 saturated heterocycles. The monoisotopic (exact) mass is 415 g/mol. The van der Waals surface area contributed by atoms with Gasteiger partial charge < -0.3 is 14.5 Å². The van der Waals surface area contributed by atoms with Crippen molar-refractivity contribution in [2.45, 2.75) is 13.8 Å². The average Bonchev–Trinajstić information content (AvgIpc) is 3.26. The quantitative estimate of drug-likeness (QED) is 0.768. The number of carbonyl (C=O) groups excluding carboxylic acids is 1. The van der Waals surface area contributed by atoms with Gasteiger partial charge >= 0.3 is 0 Å². The number of benzene rings is 1. The van der Waals surface area contributed by atoms with Crippen LogP contribution in [-0.4, -0.2) is 66.7 Å². The topological polar surface area (TPSA) is 70.4 Å². The maximum Gasteiger partial charge on any atom is 0.226 e. The molecule has 31 heavy (non-hydrogen) atoms. The Balaban J connectivity index is 1.60. The first-order chi connectivity index (χ1) is 15.2. The summed E-state index contributed by atoms with van der Waals surface area (Å²) in [6, 6.07) is 11.6. The second-order valence-corrected chi connectivity index (χ2v) is 7.65. The van der Waals surface area contributed by atoms with E-state index in [1.807, 2.05) is 36.4 Å². The van der Waals surface area contributed by atoms with Crippen molar-refractivity contribution in [3.8, 4) is 0 Å². The Kier molecular flexibility index (Phi) is 5.11. The number of carbonyl (C=O) groups is 1. The normalized spacial score (nSPS) is 17.9. The minimum Gasteiger partial charge on any atom is -0.378 e. The second-order valence-electron chi connectivity index (χ2n) is 7.65. The number of morpholine rings is 1. The van der Waals surface area contributed by atoms with Crippen LogP contribution in [0.25, 0.3) is 5.57 Å². The zero-order valence-electron chi connectivity index (χ0n) is 17.8. The summed E-state index contributed by atoms with van der Waals surface area (Å²) in [4.78, 5) is 32.1. The van der Waals surface area contributed by atoms with Gasteiger partial charge in [-0.25, -0.2) is 15.0 Å². The molecule has 0 saturated carbocycles. The van der Waals surface area contributed by atoms with E-state index in [4.69, 9.17) is 14.7 Å². The molecular formula is C24H25N5O2. The van der Waals surface area contributed by atoms with Crippen molar-refractivity contribution in [1.29, 1.82) is 0 Å². The van der Waals surface area contributed by atoms with Crippen LogP contribution in [0.1, 0.15) is 35.3 Å². The van der Waals surface area contributed by atoms with Gasteiger partial charge in [0.1, 0.15) is 17.2 Å². The molecule has 2 aliphatic heterocycles. The molecule has 0 N–H and O–H groups in total. The summed E-state index contributed by atoms with van der Waals surface area (Å²) in [5, 5.41) is 0. The van der Waals surface area contributed by atoms with Gasteiger partial charge in [0.15, 0.2) is 5.78 Å². The third-order valence-corrected chi connectivity index (χ3v) is 5.96. The molecule has 1 aromatic heterocycles. The Morgan fingerprint density at radius 2 is 1.74 bits per heavy atom. The Morgan fingerprint density at radius 3 is 2.42 bits per heavy atom. The number of hydrogen-bond acceptors (Lipinski definition) is 7. The van der Waals surface area contributed by atoms with Crippen molar-refractivity contribution in [3.05, 3.63) is 65.0 Å². The highest BCUT2D eigenvalue weighted by atomic mass is 16.5. The summed E-state index contributed by atoms with van der Waals surface area (Å²) >= 11 is 0. The van der Waals surface area contributed by atoms with Crippen molar-refractivity contribution in [2.75, 3.05) is 44.3 Å². The van der Waals surface area contributed by atoms with Gasteiger partial charge in [-0.2, -0.15) is 0 Å². The molecule has 158 valence electrons. The summed E-state index contributed by atoms with van der Waals surface area (Å²) < 4.78 is 5.43. The van der Waals surface area contributed by atoms with E-state index in [-0.39, 0.29) is 5.78 Å². The molecule has 7 nitrogen and oxygen atoms in total. The summed E-state index contributed by atoms with van der Waals surface area (Å²) in [7, 11) is 0. The van der Waals surface area contributed by atoms with Crippen LogP contribution in [0.5, 0.6) is 0 Å². The van der Waals surface area contributed by atoms with E-state index >= 15 is 0 Å². The number of hydrogen-bond donors (Lipinski definition) is 0. The van der Waals surface area contributed by atoms with Crippen molar-refractivity contribution in [3.63, 3.8) is 0 Å². The molecule has 0 unspecified atom stereocenters. The fourth-order valence-corrected chi connectivity index (χ4v) is 4.25. The highest BCUT2D eigenvalue weighted by molar-refractivity contribution is 6.43. The van der Waals surface area contributed by atoms with Crippen LogP contribution in [0.4, 0.5) is 5.82 Å². The standard InChI is InChI=1S/C24H25N5O2/c1-3-28(4-2)24-26-21-17-7-5-6-8-18(17)23(30)20(22(21)27-24)16-9-10-19(25-15-16)29-11-13-31-14-12-29/h5-10,15H,3-4,11-14H2,1-2H3. The Hall–Kier alpha value is -3.32. The molecule has 0 spiro atoms. The van der Waals surface area contributed by atoms with Crippen LogP contribution >= 0.6 is 0 Å². The van der Waals surface area contributed by atoms with Gasteiger partial charge in [-0.05, 0) is 26.0 Å². The summed E-state index contributed by atoms with van der Waals surface area (Å²) in [5.74, 6) is 1.53. The Bertz CT molecular complexity index is 1110. The average molecular weight is 415 g/mol. The number of fused-ring (bicyclic) bond motifs is 3. The van der Waals surface area contributed by atoms with E-state index in [2.05, 4.69) is 28.6 Å². The first kappa shape index (κ1) is 19.6. The van der Waals surface area contributed by atoms with Gasteiger partial charge in [-0.3, -0.25) is 4.79 Å². The maximum atomic E-state index is 13.5. The van der Waals surface area contributed by atoms with Crippen LogP contribution in [0.3, 0.4) is 0 Å². The molecule has 2 aromatic rings. The van der Waals surface area contributed by atoms with Crippen LogP contribution in [-0.2, 0) is 4.74 Å². The number of aliphatic imine (C=N–C) groups is 2. The first-order valence-corrected chi connectivity index (χ1v) is 10.8. The van der Waals surface area contributed by atoms with Gasteiger partial charge in [0.2, 0.25) is 5.96 Å². The van der Waals surface area contributed by atoms with Crippen molar-refractivity contribution in [1.82, 2.24) is 9.88 Å². The minimum atomic E-state index is -0.0324. The summed E-state index contributed by atoms with van der Waals surface area (Å²) in [5.41, 5.74) is 4.25. The fraction of sp³-hybridized carbons (Fsp3) is 0.333. The van der Waals surface area contributed by atoms with Crippen molar-refractivity contribution in [2.24, 2.45) is 9.98 Å². The number of guanidine groups is 1. The molecule has 1 aliphatic carbocycles. The number of Topliss-reactive ketones (excluding diaryl/α,β-unsaturated/α-hetero) is 1. The van der Waals surface area contributed by atoms with E-state index in [0.717, 1.165) is 48.8 Å². The molecule has 1 fully saturated rings. The van der Waals surface area contributed by atoms with E-state index < -0.39 is 0 Å². The predicted octanol–water partition coefficient (Wildman–Crippen LogP) is 3.03. The molecule has 5 rings (SSSR count). The molecule has 0 radical (unpaired) electrons. The molecule has 3 aliphatic rings. The lowest BCUT2D eigenvalue weighted by molar-refractivity contribution is 0.105. The van der Waals surface area contributed by atoms with E-state index in [9.17, 15) is 4.79 Å². The Labute approximate surface area is 181 Å². The van der Waals surface area contributed by atoms with E-state index in [1.54, 1.807) is 6.20 Å². The van der Waals surface area contributed by atoms with Gasteiger partial charge in [0.25, 0.3) is 0 Å². The summed E-state index contributed by atoms with van der Waals surface area (Å²) in [6.45, 7) is 8.82. The molecule has 0 bridgehead atoms. The first-order valence-electron chi connectivity index (χ1n) is 10.8. The number of rotatable bonds is 4. The third-order valence-electron chi connectivity index (χ3n) is 5.96.